The lowest BCUT2D eigenvalue weighted by atomic mass is 10.1. The maximum absolute atomic E-state index is 13.6. The van der Waals surface area contributed by atoms with E-state index >= 15 is 0 Å². The highest BCUT2D eigenvalue weighted by molar-refractivity contribution is 6.04. The minimum atomic E-state index is -0.668. The molecule has 8 nitrogen and oxygen atoms in total. The zero-order chi connectivity index (χ0) is 27.0. The number of fused-ring (bicyclic) bond motifs is 1. The van der Waals surface area contributed by atoms with Crippen molar-refractivity contribution in [2.24, 2.45) is 0 Å². The van der Waals surface area contributed by atoms with Crippen LogP contribution in [0, 0.1) is 0 Å². The first kappa shape index (κ1) is 25.9. The molecular formula is C30H37N5O3. The summed E-state index contributed by atoms with van der Waals surface area (Å²) < 4.78 is 7.61. The largest absolute Gasteiger partial charge is 0.443 e. The van der Waals surface area contributed by atoms with E-state index in [2.05, 4.69) is 24.3 Å². The Hall–Kier alpha value is -3.68. The number of rotatable bonds is 7. The van der Waals surface area contributed by atoms with Gasteiger partial charge in [0.15, 0.2) is 5.65 Å². The van der Waals surface area contributed by atoms with Crippen molar-refractivity contribution in [2.45, 2.75) is 90.7 Å². The number of aromatic nitrogens is 3. The monoisotopic (exact) mass is 515 g/mol. The summed E-state index contributed by atoms with van der Waals surface area (Å²) in [6.45, 7) is 10.1. The Morgan fingerprint density at radius 2 is 2.00 bits per heavy atom. The van der Waals surface area contributed by atoms with Crippen molar-refractivity contribution in [1.29, 1.82) is 0 Å². The minimum Gasteiger partial charge on any atom is -0.443 e. The van der Waals surface area contributed by atoms with Gasteiger partial charge in [-0.25, -0.2) is 9.78 Å². The van der Waals surface area contributed by atoms with Crippen LogP contribution in [0.1, 0.15) is 95.4 Å². The molecule has 1 saturated carbocycles. The zero-order valence-corrected chi connectivity index (χ0v) is 23.0. The van der Waals surface area contributed by atoms with Crippen LogP contribution < -0.4 is 10.2 Å². The summed E-state index contributed by atoms with van der Waals surface area (Å²) in [7, 11) is 0. The summed E-state index contributed by atoms with van der Waals surface area (Å²) in [5.74, 6) is 1.21. The van der Waals surface area contributed by atoms with Crippen LogP contribution in [0.5, 0.6) is 0 Å². The Labute approximate surface area is 224 Å². The van der Waals surface area contributed by atoms with Crippen LogP contribution in [0.3, 0.4) is 0 Å². The molecule has 0 aliphatic heterocycles. The third-order valence-corrected chi connectivity index (χ3v) is 6.87. The molecule has 0 radical (unpaired) electrons. The fourth-order valence-electron chi connectivity index (χ4n) is 4.74. The van der Waals surface area contributed by atoms with Gasteiger partial charge in [-0.05, 0) is 76.5 Å². The van der Waals surface area contributed by atoms with Crippen LogP contribution in [0.15, 0.2) is 48.2 Å². The van der Waals surface area contributed by atoms with Gasteiger partial charge in [0.05, 0.1) is 12.7 Å². The Balaban J connectivity index is 1.52. The van der Waals surface area contributed by atoms with Crippen molar-refractivity contribution < 1.29 is 14.3 Å². The van der Waals surface area contributed by atoms with E-state index in [0.29, 0.717) is 17.4 Å². The van der Waals surface area contributed by atoms with E-state index in [0.717, 1.165) is 60.1 Å². The SMILES string of the molecule is CC(C)c1cnn2c(N(Cc3cccc(NC(=O)C4=CCCC4)c3)C(=O)OC(C)(C)C)cc(C3CC3)nc12. The summed E-state index contributed by atoms with van der Waals surface area (Å²) in [5.41, 5.74) is 4.53. The molecule has 3 aromatic rings. The van der Waals surface area contributed by atoms with Crippen molar-refractivity contribution in [1.82, 2.24) is 14.6 Å². The van der Waals surface area contributed by atoms with Crippen molar-refractivity contribution >= 4 is 29.2 Å². The van der Waals surface area contributed by atoms with Crippen LogP contribution in [-0.4, -0.2) is 32.2 Å². The number of carbonyl (C=O) groups is 2. The van der Waals surface area contributed by atoms with E-state index < -0.39 is 11.7 Å². The normalized spacial score (nSPS) is 15.6. The summed E-state index contributed by atoms with van der Waals surface area (Å²) in [6, 6.07) is 9.60. The molecule has 1 fully saturated rings. The van der Waals surface area contributed by atoms with E-state index in [9.17, 15) is 9.59 Å². The van der Waals surface area contributed by atoms with Crippen LogP contribution in [-0.2, 0) is 16.1 Å². The molecule has 38 heavy (non-hydrogen) atoms. The molecule has 2 amide bonds. The predicted molar refractivity (Wildman–Crippen MR) is 148 cm³/mol. The number of hydrogen-bond acceptors (Lipinski definition) is 5. The number of hydrogen-bond donors (Lipinski definition) is 1. The highest BCUT2D eigenvalue weighted by Crippen LogP contribution is 2.41. The average molecular weight is 516 g/mol. The van der Waals surface area contributed by atoms with E-state index in [4.69, 9.17) is 9.72 Å². The number of nitrogens with one attached hydrogen (secondary N) is 1. The summed E-state index contributed by atoms with van der Waals surface area (Å²) in [4.78, 5) is 32.9. The first-order chi connectivity index (χ1) is 18.1. The molecule has 200 valence electrons. The number of allylic oxidation sites excluding steroid dienone is 1. The second-order valence-corrected chi connectivity index (χ2v) is 11.6. The molecular weight excluding hydrogens is 478 g/mol. The smallest absolute Gasteiger partial charge is 0.416 e. The zero-order valence-electron chi connectivity index (χ0n) is 23.0. The summed E-state index contributed by atoms with van der Waals surface area (Å²) >= 11 is 0. The maximum Gasteiger partial charge on any atom is 0.416 e. The highest BCUT2D eigenvalue weighted by Gasteiger charge is 2.31. The lowest BCUT2D eigenvalue weighted by molar-refractivity contribution is -0.112. The van der Waals surface area contributed by atoms with E-state index in [1.165, 1.54) is 0 Å². The van der Waals surface area contributed by atoms with Crippen molar-refractivity contribution in [3.05, 3.63) is 65.0 Å². The molecule has 2 aliphatic carbocycles. The quantitative estimate of drug-likeness (QED) is 0.377. The van der Waals surface area contributed by atoms with Crippen molar-refractivity contribution in [3.63, 3.8) is 0 Å². The Bertz CT molecular complexity index is 1390. The lowest BCUT2D eigenvalue weighted by Crippen LogP contribution is -2.37. The highest BCUT2D eigenvalue weighted by atomic mass is 16.6. The first-order valence-corrected chi connectivity index (χ1v) is 13.6. The van der Waals surface area contributed by atoms with Gasteiger partial charge in [0.1, 0.15) is 11.4 Å². The molecule has 1 N–H and O–H groups in total. The number of anilines is 2. The fraction of sp³-hybridized carbons (Fsp3) is 0.467. The second-order valence-electron chi connectivity index (χ2n) is 11.6. The van der Waals surface area contributed by atoms with Gasteiger partial charge in [-0.1, -0.05) is 32.1 Å². The van der Waals surface area contributed by atoms with Crippen LogP contribution in [0.25, 0.3) is 5.65 Å². The number of ether oxygens (including phenoxy) is 1. The molecule has 2 aromatic heterocycles. The lowest BCUT2D eigenvalue weighted by Gasteiger charge is -2.28. The van der Waals surface area contributed by atoms with Gasteiger partial charge < -0.3 is 10.1 Å². The number of benzene rings is 1. The third-order valence-electron chi connectivity index (χ3n) is 6.87. The standard InChI is InChI=1S/C30H37N5O3/c1-19(2)24-17-31-35-26(16-25(21-13-14-21)33-27(24)35)34(29(37)38-30(3,4)5)18-20-9-8-12-23(15-20)32-28(36)22-10-6-7-11-22/h8-10,12,15-17,19,21H,6-7,11,13-14,18H2,1-5H3,(H,32,36). The van der Waals surface area contributed by atoms with Crippen LogP contribution >= 0.6 is 0 Å². The van der Waals surface area contributed by atoms with Gasteiger partial charge in [0, 0.05) is 34.5 Å². The van der Waals surface area contributed by atoms with E-state index in [1.807, 2.05) is 63.4 Å². The van der Waals surface area contributed by atoms with Crippen molar-refractivity contribution in [2.75, 3.05) is 10.2 Å². The van der Waals surface area contributed by atoms with Gasteiger partial charge in [0.25, 0.3) is 5.91 Å². The molecule has 1 aromatic carbocycles. The Morgan fingerprint density at radius 1 is 1.21 bits per heavy atom. The first-order valence-electron chi connectivity index (χ1n) is 13.6. The van der Waals surface area contributed by atoms with E-state index in [-0.39, 0.29) is 18.4 Å². The van der Waals surface area contributed by atoms with Crippen LogP contribution in [0.4, 0.5) is 16.3 Å². The summed E-state index contributed by atoms with van der Waals surface area (Å²) in [5, 5.41) is 7.66. The minimum absolute atomic E-state index is 0.0636. The molecule has 0 unspecified atom stereocenters. The van der Waals surface area contributed by atoms with Gasteiger partial charge in [-0.2, -0.15) is 9.61 Å². The maximum atomic E-state index is 13.6. The topological polar surface area (TPSA) is 88.8 Å². The van der Waals surface area contributed by atoms with Gasteiger partial charge in [0.2, 0.25) is 0 Å². The molecule has 0 atom stereocenters. The molecule has 0 bridgehead atoms. The molecule has 5 rings (SSSR count). The third kappa shape index (κ3) is 5.74. The Morgan fingerprint density at radius 3 is 2.66 bits per heavy atom. The second kappa shape index (κ2) is 10.2. The van der Waals surface area contributed by atoms with Gasteiger partial charge in [-0.15, -0.1) is 0 Å². The van der Waals surface area contributed by atoms with Gasteiger partial charge >= 0.3 is 6.09 Å². The number of nitrogens with zero attached hydrogens (tertiary/aromatic N) is 4. The number of amides is 2. The molecule has 2 heterocycles. The van der Waals surface area contributed by atoms with Crippen molar-refractivity contribution in [3.8, 4) is 0 Å². The van der Waals surface area contributed by atoms with E-state index in [1.54, 1.807) is 9.42 Å². The predicted octanol–water partition coefficient (Wildman–Crippen LogP) is 6.72. The molecule has 0 spiro atoms. The number of carbonyl (C=O) groups excluding carboxylic acids is 2. The fourth-order valence-corrected chi connectivity index (χ4v) is 4.74. The summed E-state index contributed by atoms with van der Waals surface area (Å²) in [6.07, 6.45) is 8.35. The average Bonchev–Trinajstić information content (AvgIpc) is 3.36. The molecule has 2 aliphatic rings. The molecule has 0 saturated heterocycles. The Kier molecular flexibility index (Phi) is 6.99. The molecule has 8 heteroatoms. The van der Waals surface area contributed by atoms with Crippen LogP contribution in [0.2, 0.25) is 0 Å². The van der Waals surface area contributed by atoms with Gasteiger partial charge in [-0.3, -0.25) is 9.69 Å².